The SMILES string of the molecule is CC[C@H]1CCCCN1C(=O)COC(=O)c1ccc(OCc2c(C)noc2C)cc1. The lowest BCUT2D eigenvalue weighted by Crippen LogP contribution is -2.45. The lowest BCUT2D eigenvalue weighted by Gasteiger charge is -2.35. The number of aromatic nitrogens is 1. The van der Waals surface area contributed by atoms with Gasteiger partial charge in [0.1, 0.15) is 18.1 Å². The van der Waals surface area contributed by atoms with Gasteiger partial charge in [0, 0.05) is 12.6 Å². The number of nitrogens with zero attached hydrogens (tertiary/aromatic N) is 2. The van der Waals surface area contributed by atoms with Gasteiger partial charge >= 0.3 is 5.97 Å². The van der Waals surface area contributed by atoms with E-state index in [2.05, 4.69) is 12.1 Å². The fraction of sp³-hybridized carbons (Fsp3) is 0.500. The van der Waals surface area contributed by atoms with Crippen molar-refractivity contribution in [2.45, 2.75) is 59.1 Å². The van der Waals surface area contributed by atoms with Gasteiger partial charge in [0.15, 0.2) is 6.61 Å². The summed E-state index contributed by atoms with van der Waals surface area (Å²) in [5, 5.41) is 3.90. The first kappa shape index (κ1) is 20.9. The van der Waals surface area contributed by atoms with E-state index in [1.807, 2.05) is 18.7 Å². The van der Waals surface area contributed by atoms with Crippen molar-refractivity contribution in [3.63, 3.8) is 0 Å². The number of esters is 1. The van der Waals surface area contributed by atoms with Crippen molar-refractivity contribution in [2.24, 2.45) is 0 Å². The molecule has 0 N–H and O–H groups in total. The first-order chi connectivity index (χ1) is 14.0. The number of hydrogen-bond donors (Lipinski definition) is 0. The highest BCUT2D eigenvalue weighted by atomic mass is 16.5. The second kappa shape index (κ2) is 9.58. The lowest BCUT2D eigenvalue weighted by molar-refractivity contribution is -0.138. The minimum Gasteiger partial charge on any atom is -0.489 e. The Morgan fingerprint density at radius 2 is 1.97 bits per heavy atom. The van der Waals surface area contributed by atoms with E-state index >= 15 is 0 Å². The Labute approximate surface area is 171 Å². The fourth-order valence-corrected chi connectivity index (χ4v) is 3.60. The third-order valence-electron chi connectivity index (χ3n) is 5.40. The van der Waals surface area contributed by atoms with Crippen LogP contribution in [0.5, 0.6) is 5.75 Å². The zero-order valence-electron chi connectivity index (χ0n) is 17.3. The highest BCUT2D eigenvalue weighted by Crippen LogP contribution is 2.20. The molecular weight excluding hydrogens is 372 g/mol. The summed E-state index contributed by atoms with van der Waals surface area (Å²) < 4.78 is 16.1. The number of hydrogen-bond acceptors (Lipinski definition) is 6. The zero-order chi connectivity index (χ0) is 20.8. The van der Waals surface area contributed by atoms with Crippen molar-refractivity contribution in [1.29, 1.82) is 0 Å². The van der Waals surface area contributed by atoms with Crippen LogP contribution < -0.4 is 4.74 Å². The average Bonchev–Trinajstić information content (AvgIpc) is 3.07. The first-order valence-electron chi connectivity index (χ1n) is 10.1. The van der Waals surface area contributed by atoms with E-state index in [9.17, 15) is 9.59 Å². The molecule has 7 heteroatoms. The number of carbonyl (C=O) groups is 2. The highest BCUT2D eigenvalue weighted by Gasteiger charge is 2.26. The highest BCUT2D eigenvalue weighted by molar-refractivity contribution is 5.91. The van der Waals surface area contributed by atoms with Crippen molar-refractivity contribution in [2.75, 3.05) is 13.2 Å². The Balaban J connectivity index is 1.50. The molecule has 1 atom stereocenters. The molecular formula is C22H28N2O5. The van der Waals surface area contributed by atoms with E-state index in [1.165, 1.54) is 0 Å². The second-order valence-corrected chi connectivity index (χ2v) is 7.34. The van der Waals surface area contributed by atoms with Crippen LogP contribution in [0.25, 0.3) is 0 Å². The van der Waals surface area contributed by atoms with Crippen molar-refractivity contribution in [1.82, 2.24) is 10.1 Å². The van der Waals surface area contributed by atoms with Crippen molar-refractivity contribution < 1.29 is 23.6 Å². The quantitative estimate of drug-likeness (QED) is 0.657. The molecule has 3 rings (SSSR count). The van der Waals surface area contributed by atoms with Gasteiger partial charge in [-0.25, -0.2) is 4.79 Å². The van der Waals surface area contributed by atoms with E-state index in [-0.39, 0.29) is 18.6 Å². The molecule has 1 aromatic carbocycles. The van der Waals surface area contributed by atoms with Gasteiger partial charge < -0.3 is 18.9 Å². The molecule has 1 fully saturated rings. The smallest absolute Gasteiger partial charge is 0.338 e. The van der Waals surface area contributed by atoms with Gasteiger partial charge in [-0.3, -0.25) is 4.79 Å². The van der Waals surface area contributed by atoms with Crippen LogP contribution in [0.4, 0.5) is 0 Å². The van der Waals surface area contributed by atoms with Gasteiger partial charge in [-0.05, 0) is 63.8 Å². The van der Waals surface area contributed by atoms with Gasteiger partial charge in [-0.2, -0.15) is 0 Å². The predicted molar refractivity (Wildman–Crippen MR) is 107 cm³/mol. The maximum Gasteiger partial charge on any atom is 0.338 e. The van der Waals surface area contributed by atoms with Gasteiger partial charge in [0.05, 0.1) is 16.8 Å². The molecule has 156 valence electrons. The van der Waals surface area contributed by atoms with Gasteiger partial charge in [0.2, 0.25) is 0 Å². The largest absolute Gasteiger partial charge is 0.489 e. The minimum atomic E-state index is -0.513. The molecule has 1 aromatic heterocycles. The number of carbonyl (C=O) groups excluding carboxylic acids is 2. The normalized spacial score (nSPS) is 16.5. The summed E-state index contributed by atoms with van der Waals surface area (Å²) in [5.41, 5.74) is 2.09. The third-order valence-corrected chi connectivity index (χ3v) is 5.40. The summed E-state index contributed by atoms with van der Waals surface area (Å²) in [7, 11) is 0. The van der Waals surface area contributed by atoms with E-state index in [1.54, 1.807) is 24.3 Å². The fourth-order valence-electron chi connectivity index (χ4n) is 3.60. The third kappa shape index (κ3) is 5.16. The van der Waals surface area contributed by atoms with E-state index in [4.69, 9.17) is 14.0 Å². The van der Waals surface area contributed by atoms with Crippen molar-refractivity contribution in [3.05, 3.63) is 46.8 Å². The average molecular weight is 400 g/mol. The van der Waals surface area contributed by atoms with E-state index in [0.29, 0.717) is 17.9 Å². The summed E-state index contributed by atoms with van der Waals surface area (Å²) in [5.74, 6) is 0.716. The number of benzene rings is 1. The predicted octanol–water partition coefficient (Wildman–Crippen LogP) is 3.82. The van der Waals surface area contributed by atoms with Crippen LogP contribution in [0, 0.1) is 13.8 Å². The molecule has 1 aliphatic heterocycles. The molecule has 0 saturated carbocycles. The van der Waals surface area contributed by atoms with Crippen LogP contribution in [0.1, 0.15) is 60.0 Å². The summed E-state index contributed by atoms with van der Waals surface area (Å²) >= 11 is 0. The Morgan fingerprint density at radius 3 is 2.62 bits per heavy atom. The van der Waals surface area contributed by atoms with Gasteiger partial charge in [-0.15, -0.1) is 0 Å². The second-order valence-electron chi connectivity index (χ2n) is 7.34. The Bertz CT molecular complexity index is 824. The van der Waals surface area contributed by atoms with Crippen molar-refractivity contribution >= 4 is 11.9 Å². The Kier molecular flexibility index (Phi) is 6.90. The van der Waals surface area contributed by atoms with Crippen LogP contribution in [-0.2, 0) is 16.1 Å². The molecule has 0 bridgehead atoms. The molecule has 0 radical (unpaired) electrons. The lowest BCUT2D eigenvalue weighted by atomic mass is 10.00. The molecule has 1 aliphatic rings. The molecule has 29 heavy (non-hydrogen) atoms. The molecule has 1 saturated heterocycles. The maximum atomic E-state index is 12.4. The molecule has 2 heterocycles. The molecule has 0 unspecified atom stereocenters. The molecule has 0 spiro atoms. The summed E-state index contributed by atoms with van der Waals surface area (Å²) in [6.07, 6.45) is 4.10. The Morgan fingerprint density at radius 1 is 1.21 bits per heavy atom. The molecule has 7 nitrogen and oxygen atoms in total. The first-order valence-corrected chi connectivity index (χ1v) is 10.1. The van der Waals surface area contributed by atoms with Crippen LogP contribution in [-0.4, -0.2) is 41.1 Å². The van der Waals surface area contributed by atoms with Crippen LogP contribution in [0.3, 0.4) is 0 Å². The molecule has 0 aliphatic carbocycles. The number of likely N-dealkylation sites (tertiary alicyclic amines) is 1. The van der Waals surface area contributed by atoms with Crippen molar-refractivity contribution in [3.8, 4) is 5.75 Å². The topological polar surface area (TPSA) is 81.9 Å². The number of aryl methyl sites for hydroxylation is 2. The van der Waals surface area contributed by atoms with Gasteiger partial charge in [-0.1, -0.05) is 12.1 Å². The standard InChI is InChI=1S/C22H28N2O5/c1-4-18-7-5-6-12-24(18)21(25)14-28-22(26)17-8-10-19(11-9-17)27-13-20-15(2)23-29-16(20)3/h8-11,18H,4-7,12-14H2,1-3H3/t18-/m0/s1. The van der Waals surface area contributed by atoms with Gasteiger partial charge in [0.25, 0.3) is 5.91 Å². The minimum absolute atomic E-state index is 0.121. The number of piperidine rings is 1. The number of amides is 1. The van der Waals surface area contributed by atoms with E-state index < -0.39 is 5.97 Å². The maximum absolute atomic E-state index is 12.4. The summed E-state index contributed by atoms with van der Waals surface area (Å²) in [6.45, 7) is 6.64. The number of rotatable bonds is 7. The van der Waals surface area contributed by atoms with Crippen LogP contribution in [0.15, 0.2) is 28.8 Å². The number of ether oxygens (including phenoxy) is 2. The zero-order valence-corrected chi connectivity index (χ0v) is 17.3. The Hall–Kier alpha value is -2.83. The summed E-state index contributed by atoms with van der Waals surface area (Å²) in [4.78, 5) is 26.5. The molecule has 1 amide bonds. The molecule has 2 aromatic rings. The van der Waals surface area contributed by atoms with Crippen LogP contribution in [0.2, 0.25) is 0 Å². The van der Waals surface area contributed by atoms with Crippen LogP contribution >= 0.6 is 0 Å². The summed E-state index contributed by atoms with van der Waals surface area (Å²) in [6, 6.07) is 6.92. The van der Waals surface area contributed by atoms with E-state index in [0.717, 1.165) is 49.2 Å². The monoisotopic (exact) mass is 400 g/mol.